The normalized spacial score (nSPS) is 27.3. The van der Waals surface area contributed by atoms with Crippen molar-refractivity contribution in [2.75, 3.05) is 7.11 Å². The average molecular weight is 274 g/mol. The molecule has 106 valence electrons. The molecule has 1 amide bonds. The predicted octanol–water partition coefficient (Wildman–Crippen LogP) is 1.84. The molecule has 0 aliphatic heterocycles. The summed E-state index contributed by atoms with van der Waals surface area (Å²) >= 11 is 0. The molecular formula is C15H18N2O3. The molecule has 3 rings (SSSR count). The maximum absolute atomic E-state index is 11.7. The second kappa shape index (κ2) is 4.51. The molecule has 0 saturated heterocycles. The minimum absolute atomic E-state index is 0.0994. The third kappa shape index (κ3) is 2.03. The Kier molecular flexibility index (Phi) is 2.92. The molecule has 2 unspecified atom stereocenters. The van der Waals surface area contributed by atoms with Crippen molar-refractivity contribution in [2.24, 2.45) is 5.92 Å². The molecule has 2 bridgehead atoms. The number of fused-ring (bicyclic) bond motifs is 4. The Morgan fingerprint density at radius 3 is 3.05 bits per heavy atom. The van der Waals surface area contributed by atoms with Gasteiger partial charge in [0.1, 0.15) is 0 Å². The second-order valence-electron chi connectivity index (χ2n) is 5.77. The van der Waals surface area contributed by atoms with Crippen molar-refractivity contribution in [3.05, 3.63) is 45.4 Å². The van der Waals surface area contributed by atoms with Crippen LogP contribution in [0.4, 0.5) is 4.79 Å². The highest BCUT2D eigenvalue weighted by Gasteiger charge is 2.44. The number of pyridine rings is 1. The van der Waals surface area contributed by atoms with Crippen LogP contribution in [0.2, 0.25) is 0 Å². The molecule has 20 heavy (non-hydrogen) atoms. The van der Waals surface area contributed by atoms with Gasteiger partial charge in [-0.3, -0.25) is 4.79 Å². The fraction of sp³-hybridized carbons (Fsp3) is 0.467. The topological polar surface area (TPSA) is 71.2 Å². The third-order valence-corrected chi connectivity index (χ3v) is 4.22. The molecule has 2 aliphatic carbocycles. The first-order valence-electron chi connectivity index (χ1n) is 6.78. The van der Waals surface area contributed by atoms with Crippen LogP contribution in [-0.2, 0) is 16.7 Å². The number of carbonyl (C=O) groups excluding carboxylic acids is 1. The quantitative estimate of drug-likeness (QED) is 0.768. The number of hydrogen-bond donors (Lipinski definition) is 2. The monoisotopic (exact) mass is 274 g/mol. The van der Waals surface area contributed by atoms with Gasteiger partial charge in [0.05, 0.1) is 12.6 Å². The lowest BCUT2D eigenvalue weighted by atomic mass is 9.66. The molecule has 0 saturated carbocycles. The van der Waals surface area contributed by atoms with Gasteiger partial charge in [0, 0.05) is 11.8 Å². The number of methoxy groups -OCH3 is 1. The van der Waals surface area contributed by atoms with Gasteiger partial charge in [0.2, 0.25) is 5.56 Å². The Labute approximate surface area is 117 Å². The number of H-pyrrole nitrogens is 1. The Hall–Kier alpha value is -2.04. The number of hydrogen-bond acceptors (Lipinski definition) is 3. The van der Waals surface area contributed by atoms with Gasteiger partial charge in [-0.1, -0.05) is 11.6 Å². The zero-order valence-corrected chi connectivity index (χ0v) is 11.7. The molecule has 1 heterocycles. The van der Waals surface area contributed by atoms with Crippen molar-refractivity contribution in [3.8, 4) is 0 Å². The van der Waals surface area contributed by atoms with E-state index in [4.69, 9.17) is 4.74 Å². The molecule has 2 N–H and O–H groups in total. The zero-order valence-electron chi connectivity index (χ0n) is 11.7. The molecule has 2 aliphatic rings. The summed E-state index contributed by atoms with van der Waals surface area (Å²) in [7, 11) is 1.37. The first-order valence-corrected chi connectivity index (χ1v) is 6.78. The smallest absolute Gasteiger partial charge is 0.407 e. The van der Waals surface area contributed by atoms with Crippen LogP contribution in [0.1, 0.15) is 31.0 Å². The van der Waals surface area contributed by atoms with Gasteiger partial charge in [0.15, 0.2) is 0 Å². The van der Waals surface area contributed by atoms with Gasteiger partial charge in [-0.05, 0) is 43.7 Å². The van der Waals surface area contributed by atoms with E-state index in [9.17, 15) is 9.59 Å². The summed E-state index contributed by atoms with van der Waals surface area (Å²) in [6.45, 7) is 2.08. The van der Waals surface area contributed by atoms with Crippen molar-refractivity contribution in [3.63, 3.8) is 0 Å². The van der Waals surface area contributed by atoms with E-state index in [1.54, 1.807) is 0 Å². The van der Waals surface area contributed by atoms with Gasteiger partial charge in [-0.2, -0.15) is 0 Å². The highest BCUT2D eigenvalue weighted by molar-refractivity contribution is 5.69. The van der Waals surface area contributed by atoms with Crippen LogP contribution in [0.3, 0.4) is 0 Å². The maximum Gasteiger partial charge on any atom is 0.407 e. The zero-order chi connectivity index (χ0) is 14.3. The summed E-state index contributed by atoms with van der Waals surface area (Å²) in [6.07, 6.45) is 4.21. The first-order chi connectivity index (χ1) is 9.52. The van der Waals surface area contributed by atoms with Crippen LogP contribution >= 0.6 is 0 Å². The van der Waals surface area contributed by atoms with Crippen LogP contribution in [-0.4, -0.2) is 18.2 Å². The number of amides is 1. The van der Waals surface area contributed by atoms with E-state index in [1.807, 2.05) is 6.07 Å². The fourth-order valence-electron chi connectivity index (χ4n) is 3.65. The molecule has 1 aromatic heterocycles. The van der Waals surface area contributed by atoms with Gasteiger partial charge in [0.25, 0.3) is 0 Å². The minimum atomic E-state index is -0.464. The molecule has 2 atom stereocenters. The summed E-state index contributed by atoms with van der Waals surface area (Å²) in [5.41, 5.74) is 2.63. The molecule has 5 heteroatoms. The standard InChI is InChI=1S/C15H18N2O3/c1-9-5-10-6-12-11(3-4-13(18)16-12)15(7-9,8-10)17-14(19)20-2/h3-5,10H,6-8H2,1-2H3,(H,16,18)(H,17,19). The summed E-state index contributed by atoms with van der Waals surface area (Å²) in [5.74, 6) is 0.339. The number of aromatic nitrogens is 1. The Bertz CT molecular complexity index is 647. The van der Waals surface area contributed by atoms with Crippen molar-refractivity contribution < 1.29 is 9.53 Å². The van der Waals surface area contributed by atoms with E-state index in [0.717, 1.165) is 30.5 Å². The summed E-state index contributed by atoms with van der Waals surface area (Å²) < 4.78 is 4.77. The highest BCUT2D eigenvalue weighted by atomic mass is 16.5. The van der Waals surface area contributed by atoms with Crippen molar-refractivity contribution in [1.82, 2.24) is 10.3 Å². The summed E-state index contributed by atoms with van der Waals surface area (Å²) in [4.78, 5) is 26.2. The fourth-order valence-corrected chi connectivity index (χ4v) is 3.65. The molecule has 0 spiro atoms. The van der Waals surface area contributed by atoms with E-state index in [1.165, 1.54) is 18.7 Å². The summed E-state index contributed by atoms with van der Waals surface area (Å²) in [6, 6.07) is 3.35. The number of alkyl carbamates (subject to hydrolysis) is 1. The van der Waals surface area contributed by atoms with Gasteiger partial charge in [-0.25, -0.2) is 4.79 Å². The molecular weight excluding hydrogens is 256 g/mol. The van der Waals surface area contributed by atoms with E-state index >= 15 is 0 Å². The Morgan fingerprint density at radius 2 is 2.30 bits per heavy atom. The van der Waals surface area contributed by atoms with E-state index < -0.39 is 11.6 Å². The lowest BCUT2D eigenvalue weighted by Crippen LogP contribution is -2.51. The minimum Gasteiger partial charge on any atom is -0.453 e. The van der Waals surface area contributed by atoms with Crippen molar-refractivity contribution in [1.29, 1.82) is 0 Å². The second-order valence-corrected chi connectivity index (χ2v) is 5.77. The number of rotatable bonds is 1. The number of aromatic amines is 1. The number of allylic oxidation sites excluding steroid dienone is 1. The molecule has 5 nitrogen and oxygen atoms in total. The molecule has 0 aromatic carbocycles. The van der Waals surface area contributed by atoms with Crippen LogP contribution in [0, 0.1) is 5.92 Å². The maximum atomic E-state index is 11.7. The van der Waals surface area contributed by atoms with Crippen LogP contribution in [0.15, 0.2) is 28.6 Å². The lowest BCUT2D eigenvalue weighted by Gasteiger charge is -2.45. The van der Waals surface area contributed by atoms with Crippen LogP contribution < -0.4 is 10.9 Å². The average Bonchev–Trinajstić information content (AvgIpc) is 2.36. The number of ether oxygens (including phenoxy) is 1. The Morgan fingerprint density at radius 1 is 1.50 bits per heavy atom. The first kappa shape index (κ1) is 13.0. The third-order valence-electron chi connectivity index (χ3n) is 4.22. The van der Waals surface area contributed by atoms with Crippen LogP contribution in [0.5, 0.6) is 0 Å². The molecule has 0 radical (unpaired) electrons. The highest BCUT2D eigenvalue weighted by Crippen LogP contribution is 2.45. The van der Waals surface area contributed by atoms with Crippen molar-refractivity contribution >= 4 is 6.09 Å². The van der Waals surface area contributed by atoms with Crippen LogP contribution in [0.25, 0.3) is 0 Å². The van der Waals surface area contributed by atoms with E-state index in [2.05, 4.69) is 23.3 Å². The predicted molar refractivity (Wildman–Crippen MR) is 74.5 cm³/mol. The largest absolute Gasteiger partial charge is 0.453 e. The number of nitrogens with one attached hydrogen (secondary N) is 2. The molecule has 0 fully saturated rings. The summed E-state index contributed by atoms with van der Waals surface area (Å²) in [5, 5.41) is 3.00. The number of carbonyl (C=O) groups is 1. The van der Waals surface area contributed by atoms with Gasteiger partial charge >= 0.3 is 6.09 Å². The Balaban J connectivity index is 2.12. The SMILES string of the molecule is COC(=O)NC12CC(C)=CC(Cc3[nH]c(=O)ccc31)C2. The van der Waals surface area contributed by atoms with Gasteiger partial charge in [-0.15, -0.1) is 0 Å². The van der Waals surface area contributed by atoms with Crippen molar-refractivity contribution in [2.45, 2.75) is 31.7 Å². The lowest BCUT2D eigenvalue weighted by molar-refractivity contribution is 0.143. The van der Waals surface area contributed by atoms with Gasteiger partial charge < -0.3 is 15.0 Å². The molecule has 1 aromatic rings. The van der Waals surface area contributed by atoms with E-state index in [-0.39, 0.29) is 5.56 Å². The van der Waals surface area contributed by atoms with E-state index in [0.29, 0.717) is 5.92 Å².